The van der Waals surface area contributed by atoms with Crippen LogP contribution in [-0.4, -0.2) is 110 Å². The van der Waals surface area contributed by atoms with Crippen LogP contribution in [0.15, 0.2) is 60.9 Å². The summed E-state index contributed by atoms with van der Waals surface area (Å²) in [6.45, 7) is 6.20. The number of aromatic amines is 2. The number of benzene rings is 2. The van der Waals surface area contributed by atoms with Gasteiger partial charge in [-0.2, -0.15) is 0 Å². The fraction of sp³-hybridized carbons (Fsp3) is 0.440. The predicted octanol–water partition coefficient (Wildman–Crippen LogP) is 9.23. The molecule has 6 aromatic rings. The lowest BCUT2D eigenvalue weighted by Crippen LogP contribution is -2.56. The maximum absolute atomic E-state index is 16.9. The molecule has 368 valence electrons. The van der Waals surface area contributed by atoms with Crippen LogP contribution in [0.3, 0.4) is 0 Å². The minimum Gasteiger partial charge on any atom is -0.464 e. The first-order valence-electron chi connectivity index (χ1n) is 23.5. The van der Waals surface area contributed by atoms with Gasteiger partial charge in [0.2, 0.25) is 18.0 Å². The van der Waals surface area contributed by atoms with Crippen molar-refractivity contribution in [3.63, 3.8) is 0 Å². The van der Waals surface area contributed by atoms with E-state index in [9.17, 15) is 19.2 Å². The summed E-state index contributed by atoms with van der Waals surface area (Å²) in [5, 5.41) is 5.75. The smallest absolute Gasteiger partial charge is 0.407 e. The van der Waals surface area contributed by atoms with Gasteiger partial charge in [0.1, 0.15) is 47.1 Å². The molecule has 20 heteroatoms. The summed E-state index contributed by atoms with van der Waals surface area (Å²) in [4.78, 5) is 72.8. The summed E-state index contributed by atoms with van der Waals surface area (Å²) in [7, 11) is 2.36. The molecule has 4 amide bonds. The van der Waals surface area contributed by atoms with E-state index >= 15 is 13.2 Å². The lowest BCUT2D eigenvalue weighted by Gasteiger charge is -2.32. The van der Waals surface area contributed by atoms with Crippen molar-refractivity contribution in [2.24, 2.45) is 5.92 Å². The number of rotatable bonds is 12. The zero-order chi connectivity index (χ0) is 49.3. The Morgan fingerprint density at radius 1 is 0.857 bits per heavy atom. The van der Waals surface area contributed by atoms with E-state index < -0.39 is 72.1 Å². The number of ether oxygens (including phenoxy) is 3. The first-order valence-corrected chi connectivity index (χ1v) is 24.3. The fourth-order valence-electron chi connectivity index (χ4n) is 10.0. The number of nitrogens with zero attached hydrogens (tertiary/aromatic N) is 5. The van der Waals surface area contributed by atoms with Crippen LogP contribution in [0.4, 0.5) is 22.8 Å². The second-order valence-electron chi connectivity index (χ2n) is 19.4. The Balaban J connectivity index is 0.968. The fourth-order valence-corrected chi connectivity index (χ4v) is 11.2. The quantitative estimate of drug-likeness (QED) is 0.0927. The standard InChI is InChI=1S/C50H54F3N9O7S/c1-24(2)41(58-48(65)67-5)45(63)61-23-29(51)20-36(61)44-55-22-32(57-44)27-17-30(52)40-35-18-28-16-26(11-12-33(28)62(35)47(69-37(40)19-27)39-14-13-38(70-39)25-9-10-25)31-21-54-43(56-31)34-8-7-15-60(34)46(64)42(50(3,4)53)59-49(66)68-6/h11-14,16-19,21-22,24-25,29,34,36,41-42,47H,7-10,15,20,23H2,1-6H3,(H,54,56)(H,55,57)(H,58,65)(H,59,66)/t29-,34+,36+,41+,42?,47?/m1/s1. The van der Waals surface area contributed by atoms with Crippen molar-refractivity contribution in [1.29, 1.82) is 0 Å². The minimum atomic E-state index is -2.07. The molecule has 3 fully saturated rings. The highest BCUT2D eigenvalue weighted by Crippen LogP contribution is 2.50. The van der Waals surface area contributed by atoms with Crippen LogP contribution in [-0.2, 0) is 19.1 Å². The van der Waals surface area contributed by atoms with Gasteiger partial charge in [-0.05, 0) is 93.8 Å². The number of nitrogens with one attached hydrogen (secondary N) is 4. The van der Waals surface area contributed by atoms with E-state index in [0.717, 1.165) is 41.3 Å². The third-order valence-electron chi connectivity index (χ3n) is 13.8. The summed E-state index contributed by atoms with van der Waals surface area (Å²) in [6, 6.07) is 11.5. The Morgan fingerprint density at radius 2 is 1.54 bits per heavy atom. The van der Waals surface area contributed by atoms with E-state index in [-0.39, 0.29) is 24.4 Å². The number of carbonyl (C=O) groups excluding carboxylic acids is 4. The average molecular weight is 982 g/mol. The van der Waals surface area contributed by atoms with Gasteiger partial charge in [0, 0.05) is 34.4 Å². The monoisotopic (exact) mass is 981 g/mol. The normalized spacial score (nSPS) is 20.8. The number of alkyl carbamates (subject to hydrolysis) is 2. The van der Waals surface area contributed by atoms with Crippen molar-refractivity contribution >= 4 is 46.2 Å². The van der Waals surface area contributed by atoms with Crippen molar-refractivity contribution in [2.45, 2.75) is 108 Å². The van der Waals surface area contributed by atoms with Crippen molar-refractivity contribution in [1.82, 2.24) is 44.9 Å². The number of carbonyl (C=O) groups is 4. The van der Waals surface area contributed by atoms with Crippen LogP contribution in [0.1, 0.15) is 105 Å². The predicted molar refractivity (Wildman–Crippen MR) is 254 cm³/mol. The number of thiophene rings is 1. The Bertz CT molecular complexity index is 3010. The molecule has 0 radical (unpaired) electrons. The van der Waals surface area contributed by atoms with Gasteiger partial charge in [-0.15, -0.1) is 11.3 Å². The topological polar surface area (TPSA) is 189 Å². The van der Waals surface area contributed by atoms with E-state index in [1.165, 1.54) is 43.0 Å². The SMILES string of the molecule is COC(=O)NC(C(=O)N1CCC[C@H]1c1ncc(-c2ccc3c(c2)cc2n3C(c3ccc(C4CC4)s3)Oc3cc(-c4cnc([C@@H]5C[C@@H](F)CN5C(=O)[C@@H](NC(=O)OC)C(C)C)[nH]4)cc(F)c3-2)[nH]1)C(C)(C)F. The number of hydrogen-bond acceptors (Lipinski definition) is 10. The van der Waals surface area contributed by atoms with E-state index in [4.69, 9.17) is 9.47 Å². The molecule has 7 heterocycles. The third-order valence-corrected chi connectivity index (χ3v) is 15.1. The zero-order valence-corrected chi connectivity index (χ0v) is 40.3. The maximum Gasteiger partial charge on any atom is 0.407 e. The summed E-state index contributed by atoms with van der Waals surface area (Å²) in [6.07, 6.45) is 3.06. The van der Waals surface area contributed by atoms with Crippen LogP contribution in [0.2, 0.25) is 0 Å². The van der Waals surface area contributed by atoms with Crippen LogP contribution >= 0.6 is 11.3 Å². The Morgan fingerprint density at radius 3 is 2.23 bits per heavy atom. The Labute approximate surface area is 405 Å². The second kappa shape index (κ2) is 18.2. The van der Waals surface area contributed by atoms with E-state index in [1.54, 1.807) is 42.3 Å². The summed E-state index contributed by atoms with van der Waals surface area (Å²) < 4.78 is 65.6. The number of fused-ring (bicyclic) bond motifs is 5. The first kappa shape index (κ1) is 46.9. The molecule has 10 rings (SSSR count). The average Bonchev–Trinajstić information content (AvgIpc) is 4.03. The molecule has 2 unspecified atom stereocenters. The minimum absolute atomic E-state index is 0.0130. The highest BCUT2D eigenvalue weighted by Gasteiger charge is 2.45. The van der Waals surface area contributed by atoms with Gasteiger partial charge >= 0.3 is 12.2 Å². The molecule has 2 saturated heterocycles. The molecule has 1 aliphatic carbocycles. The molecule has 0 spiro atoms. The summed E-state index contributed by atoms with van der Waals surface area (Å²) in [5.74, 6) is -0.223. The molecule has 0 bridgehead atoms. The molecule has 3 aliphatic heterocycles. The molecule has 4 aliphatic rings. The van der Waals surface area contributed by atoms with Crippen LogP contribution in [0.5, 0.6) is 5.75 Å². The number of halogens is 3. The second-order valence-corrected chi connectivity index (χ2v) is 20.5. The van der Waals surface area contributed by atoms with Crippen molar-refractivity contribution < 1.29 is 46.6 Å². The number of H-pyrrole nitrogens is 2. The van der Waals surface area contributed by atoms with Crippen molar-refractivity contribution in [3.05, 3.63) is 88.1 Å². The molecule has 2 aromatic carbocycles. The number of aromatic nitrogens is 5. The van der Waals surface area contributed by atoms with Gasteiger partial charge in [-0.3, -0.25) is 14.2 Å². The largest absolute Gasteiger partial charge is 0.464 e. The number of methoxy groups -OCH3 is 2. The molecular formula is C50H54F3N9O7S. The van der Waals surface area contributed by atoms with Crippen LogP contribution in [0, 0.1) is 11.7 Å². The van der Waals surface area contributed by atoms with Gasteiger partial charge in [0.05, 0.1) is 78.3 Å². The molecule has 4 aromatic heterocycles. The lowest BCUT2D eigenvalue weighted by atomic mass is 9.99. The molecule has 6 atom stereocenters. The van der Waals surface area contributed by atoms with Gasteiger partial charge in [-0.1, -0.05) is 19.9 Å². The maximum atomic E-state index is 16.9. The highest BCUT2D eigenvalue weighted by molar-refractivity contribution is 7.12. The number of likely N-dealkylation sites (tertiary alicyclic amines) is 2. The van der Waals surface area contributed by atoms with Crippen LogP contribution in [0.25, 0.3) is 44.7 Å². The summed E-state index contributed by atoms with van der Waals surface area (Å²) >= 11 is 1.68. The van der Waals surface area contributed by atoms with Crippen molar-refractivity contribution in [2.75, 3.05) is 27.3 Å². The molecule has 4 N–H and O–H groups in total. The molecule has 70 heavy (non-hydrogen) atoms. The van der Waals surface area contributed by atoms with Gasteiger partial charge < -0.3 is 44.6 Å². The first-order chi connectivity index (χ1) is 33.5. The van der Waals surface area contributed by atoms with Gasteiger partial charge in [0.25, 0.3) is 0 Å². The van der Waals surface area contributed by atoms with E-state index in [2.05, 4.69) is 47.4 Å². The Hall–Kier alpha value is -6.83. The molecular weight excluding hydrogens is 928 g/mol. The highest BCUT2D eigenvalue weighted by atomic mass is 32.1. The summed E-state index contributed by atoms with van der Waals surface area (Å²) in [5.41, 5.74) is 1.96. The van der Waals surface area contributed by atoms with Crippen molar-refractivity contribution in [3.8, 4) is 39.5 Å². The Kier molecular flexibility index (Phi) is 12.2. The lowest BCUT2D eigenvalue weighted by molar-refractivity contribution is -0.138. The number of alkyl halides is 2. The third kappa shape index (κ3) is 8.63. The van der Waals surface area contributed by atoms with E-state index in [1.807, 2.05) is 28.8 Å². The zero-order valence-electron chi connectivity index (χ0n) is 39.5. The van der Waals surface area contributed by atoms with Crippen LogP contribution < -0.4 is 15.4 Å². The van der Waals surface area contributed by atoms with Gasteiger partial charge in [0.15, 0.2) is 0 Å². The molecule has 16 nitrogen and oxygen atoms in total. The van der Waals surface area contributed by atoms with Gasteiger partial charge in [-0.25, -0.2) is 32.7 Å². The molecule has 1 saturated carbocycles. The number of amides is 4. The number of imidazole rings is 2. The number of hydrogen-bond donors (Lipinski definition) is 4. The van der Waals surface area contributed by atoms with E-state index in [0.29, 0.717) is 65.3 Å².